The highest BCUT2D eigenvalue weighted by Crippen LogP contribution is 2.34. The summed E-state index contributed by atoms with van der Waals surface area (Å²) in [5, 5.41) is 13.5. The molecule has 0 aliphatic heterocycles. The molecule has 0 bridgehead atoms. The SMILES string of the molecule is COc1ccc(-c2ccc(O)cc2)c(OCc2ccsc2)c1. The lowest BCUT2D eigenvalue weighted by molar-refractivity contribution is 0.305. The molecule has 112 valence electrons. The van der Waals surface area contributed by atoms with Gasteiger partial charge in [0.05, 0.1) is 7.11 Å². The van der Waals surface area contributed by atoms with Crippen molar-refractivity contribution in [2.24, 2.45) is 0 Å². The molecule has 4 heteroatoms. The van der Waals surface area contributed by atoms with Crippen LogP contribution in [0, 0.1) is 0 Å². The molecule has 0 unspecified atom stereocenters. The maximum absolute atomic E-state index is 9.43. The maximum atomic E-state index is 9.43. The number of benzene rings is 2. The second-order valence-corrected chi connectivity index (χ2v) is 5.61. The normalized spacial score (nSPS) is 10.4. The summed E-state index contributed by atoms with van der Waals surface area (Å²) in [5.74, 6) is 1.76. The monoisotopic (exact) mass is 312 g/mol. The molecular weight excluding hydrogens is 296 g/mol. The van der Waals surface area contributed by atoms with Crippen molar-refractivity contribution in [2.75, 3.05) is 7.11 Å². The zero-order chi connectivity index (χ0) is 15.4. The molecule has 0 atom stereocenters. The molecular formula is C18H16O3S. The zero-order valence-electron chi connectivity index (χ0n) is 12.2. The van der Waals surface area contributed by atoms with Crippen LogP contribution < -0.4 is 9.47 Å². The summed E-state index contributed by atoms with van der Waals surface area (Å²) in [6, 6.07) is 14.9. The second kappa shape index (κ2) is 6.54. The molecule has 0 spiro atoms. The van der Waals surface area contributed by atoms with Crippen molar-refractivity contribution in [3.8, 4) is 28.4 Å². The Bertz CT molecular complexity index is 734. The van der Waals surface area contributed by atoms with E-state index in [0.29, 0.717) is 6.61 Å². The van der Waals surface area contributed by atoms with Crippen LogP contribution in [0.2, 0.25) is 0 Å². The van der Waals surface area contributed by atoms with Crippen LogP contribution in [0.4, 0.5) is 0 Å². The molecule has 0 aliphatic carbocycles. The first-order chi connectivity index (χ1) is 10.8. The highest BCUT2D eigenvalue weighted by atomic mass is 32.1. The lowest BCUT2D eigenvalue weighted by Crippen LogP contribution is -1.96. The Morgan fingerprint density at radius 1 is 1.05 bits per heavy atom. The molecule has 0 amide bonds. The zero-order valence-corrected chi connectivity index (χ0v) is 13.0. The average molecular weight is 312 g/mol. The largest absolute Gasteiger partial charge is 0.508 e. The smallest absolute Gasteiger partial charge is 0.131 e. The van der Waals surface area contributed by atoms with Gasteiger partial charge in [0.25, 0.3) is 0 Å². The van der Waals surface area contributed by atoms with Gasteiger partial charge in [-0.3, -0.25) is 0 Å². The van der Waals surface area contributed by atoms with Crippen LogP contribution in [0.15, 0.2) is 59.3 Å². The van der Waals surface area contributed by atoms with Crippen LogP contribution in [-0.4, -0.2) is 12.2 Å². The third-order valence-electron chi connectivity index (χ3n) is 3.34. The number of methoxy groups -OCH3 is 1. The van der Waals surface area contributed by atoms with Gasteiger partial charge in [-0.05, 0) is 52.2 Å². The average Bonchev–Trinajstić information content (AvgIpc) is 3.07. The minimum Gasteiger partial charge on any atom is -0.508 e. The summed E-state index contributed by atoms with van der Waals surface area (Å²) < 4.78 is 11.3. The molecule has 2 aromatic carbocycles. The van der Waals surface area contributed by atoms with E-state index in [1.165, 1.54) is 0 Å². The van der Waals surface area contributed by atoms with Gasteiger partial charge in [0.15, 0.2) is 0 Å². The van der Waals surface area contributed by atoms with Crippen molar-refractivity contribution < 1.29 is 14.6 Å². The van der Waals surface area contributed by atoms with Crippen molar-refractivity contribution in [3.05, 3.63) is 64.9 Å². The molecule has 0 radical (unpaired) electrons. The summed E-state index contributed by atoms with van der Waals surface area (Å²) in [5.41, 5.74) is 3.10. The second-order valence-electron chi connectivity index (χ2n) is 4.83. The highest BCUT2D eigenvalue weighted by Gasteiger charge is 2.09. The summed E-state index contributed by atoms with van der Waals surface area (Å²) in [6.07, 6.45) is 0. The summed E-state index contributed by atoms with van der Waals surface area (Å²) in [4.78, 5) is 0. The van der Waals surface area contributed by atoms with E-state index in [1.807, 2.05) is 41.8 Å². The van der Waals surface area contributed by atoms with Crippen molar-refractivity contribution >= 4 is 11.3 Å². The van der Waals surface area contributed by atoms with Crippen molar-refractivity contribution in [1.82, 2.24) is 0 Å². The van der Waals surface area contributed by atoms with Gasteiger partial charge in [-0.25, -0.2) is 0 Å². The third-order valence-corrected chi connectivity index (χ3v) is 4.07. The molecule has 1 N–H and O–H groups in total. The number of phenolic OH excluding ortho intramolecular Hbond substituents is 1. The highest BCUT2D eigenvalue weighted by molar-refractivity contribution is 7.07. The number of hydrogen-bond acceptors (Lipinski definition) is 4. The number of phenols is 1. The molecule has 22 heavy (non-hydrogen) atoms. The lowest BCUT2D eigenvalue weighted by atomic mass is 10.0. The number of thiophene rings is 1. The Morgan fingerprint density at radius 3 is 2.55 bits per heavy atom. The Balaban J connectivity index is 1.92. The summed E-state index contributed by atoms with van der Waals surface area (Å²) >= 11 is 1.65. The van der Waals surface area contributed by atoms with E-state index >= 15 is 0 Å². The van der Waals surface area contributed by atoms with Crippen molar-refractivity contribution in [2.45, 2.75) is 6.61 Å². The minimum atomic E-state index is 0.248. The summed E-state index contributed by atoms with van der Waals surface area (Å²) in [6.45, 7) is 0.516. The first kappa shape index (κ1) is 14.5. The minimum absolute atomic E-state index is 0.248. The van der Waals surface area contributed by atoms with E-state index in [4.69, 9.17) is 9.47 Å². The Kier molecular flexibility index (Phi) is 4.30. The van der Waals surface area contributed by atoms with Crippen LogP contribution in [-0.2, 0) is 6.61 Å². The number of rotatable bonds is 5. The van der Waals surface area contributed by atoms with Gasteiger partial charge in [0.1, 0.15) is 23.9 Å². The van der Waals surface area contributed by atoms with Crippen LogP contribution in [0.25, 0.3) is 11.1 Å². The predicted molar refractivity (Wildman–Crippen MR) is 88.7 cm³/mol. The predicted octanol–water partition coefficient (Wildman–Crippen LogP) is 4.71. The van der Waals surface area contributed by atoms with Gasteiger partial charge >= 0.3 is 0 Å². The Labute approximate surface area is 133 Å². The topological polar surface area (TPSA) is 38.7 Å². The van der Waals surface area contributed by atoms with E-state index in [2.05, 4.69) is 5.38 Å². The molecule has 0 saturated heterocycles. The molecule has 3 aromatic rings. The van der Waals surface area contributed by atoms with E-state index < -0.39 is 0 Å². The van der Waals surface area contributed by atoms with Crippen molar-refractivity contribution in [1.29, 1.82) is 0 Å². The molecule has 1 heterocycles. The van der Waals surface area contributed by atoms with Gasteiger partial charge < -0.3 is 14.6 Å². The molecule has 3 nitrogen and oxygen atoms in total. The van der Waals surface area contributed by atoms with Gasteiger partial charge in [-0.1, -0.05) is 12.1 Å². The van der Waals surface area contributed by atoms with Gasteiger partial charge in [0.2, 0.25) is 0 Å². The van der Waals surface area contributed by atoms with E-state index in [-0.39, 0.29) is 5.75 Å². The fourth-order valence-corrected chi connectivity index (χ4v) is 2.82. The van der Waals surface area contributed by atoms with Crippen LogP contribution in [0.5, 0.6) is 17.2 Å². The fraction of sp³-hybridized carbons (Fsp3) is 0.111. The lowest BCUT2D eigenvalue weighted by Gasteiger charge is -2.13. The molecule has 1 aromatic heterocycles. The van der Waals surface area contributed by atoms with Gasteiger partial charge in [-0.2, -0.15) is 11.3 Å². The van der Waals surface area contributed by atoms with E-state index in [0.717, 1.165) is 28.2 Å². The Hall–Kier alpha value is -2.46. The molecule has 0 saturated carbocycles. The quantitative estimate of drug-likeness (QED) is 0.741. The van der Waals surface area contributed by atoms with E-state index in [1.54, 1.807) is 30.6 Å². The standard InChI is InChI=1S/C18H16O3S/c1-20-16-6-7-17(14-2-4-15(19)5-3-14)18(10-16)21-11-13-8-9-22-12-13/h2-10,12,19H,11H2,1H3. The van der Waals surface area contributed by atoms with E-state index in [9.17, 15) is 5.11 Å². The summed E-state index contributed by atoms with van der Waals surface area (Å²) in [7, 11) is 1.64. The van der Waals surface area contributed by atoms with Crippen molar-refractivity contribution in [3.63, 3.8) is 0 Å². The van der Waals surface area contributed by atoms with Crippen LogP contribution in [0.3, 0.4) is 0 Å². The maximum Gasteiger partial charge on any atom is 0.131 e. The van der Waals surface area contributed by atoms with Gasteiger partial charge in [0, 0.05) is 11.6 Å². The molecule has 3 rings (SSSR count). The first-order valence-corrected chi connectivity index (χ1v) is 7.82. The Morgan fingerprint density at radius 2 is 1.86 bits per heavy atom. The first-order valence-electron chi connectivity index (χ1n) is 6.87. The number of aromatic hydroxyl groups is 1. The molecule has 0 fully saturated rings. The van der Waals surface area contributed by atoms with Crippen LogP contribution in [0.1, 0.15) is 5.56 Å². The fourth-order valence-electron chi connectivity index (χ4n) is 2.16. The van der Waals surface area contributed by atoms with Gasteiger partial charge in [-0.15, -0.1) is 0 Å². The molecule has 0 aliphatic rings. The van der Waals surface area contributed by atoms with Crippen LogP contribution >= 0.6 is 11.3 Å². The number of hydrogen-bond donors (Lipinski definition) is 1. The third kappa shape index (κ3) is 3.23. The number of ether oxygens (including phenoxy) is 2.